The molecule has 0 aromatic heterocycles. The van der Waals surface area contributed by atoms with E-state index in [2.05, 4.69) is 34.3 Å². The molecule has 6 rings (SSSR count). The number of hydrogen-bond acceptors (Lipinski definition) is 9. The molecule has 10 nitrogen and oxygen atoms in total. The molecule has 0 unspecified atom stereocenters. The molecule has 2 aromatic carbocycles. The molecule has 208 valence electrons. The van der Waals surface area contributed by atoms with E-state index in [-0.39, 0.29) is 46.7 Å². The summed E-state index contributed by atoms with van der Waals surface area (Å²) in [5, 5.41) is 39.0. The largest absolute Gasteiger partial charge is 0.507 e. The number of anilines is 1. The minimum absolute atomic E-state index is 0.0664. The topological polar surface area (TPSA) is 158 Å². The molecule has 2 heterocycles. The lowest BCUT2D eigenvalue weighted by atomic mass is 9.69. The summed E-state index contributed by atoms with van der Waals surface area (Å²) in [7, 11) is 0. The van der Waals surface area contributed by atoms with Crippen molar-refractivity contribution in [3.8, 4) is 29.4 Å². The van der Waals surface area contributed by atoms with Gasteiger partial charge in [-0.05, 0) is 49.3 Å². The molecule has 2 aliphatic carbocycles. The first kappa shape index (κ1) is 26.6. The van der Waals surface area contributed by atoms with Crippen LogP contribution in [0.2, 0.25) is 0 Å². The number of ketones is 2. The maximum atomic E-state index is 14.0. The van der Waals surface area contributed by atoms with Crippen LogP contribution in [0.25, 0.3) is 0 Å². The molecule has 0 spiro atoms. The molecule has 2 aliphatic heterocycles. The number of ether oxygens (including phenoxy) is 2. The maximum Gasteiger partial charge on any atom is 0.407 e. The number of hydrogen-bond donors (Lipinski definition) is 5. The highest BCUT2D eigenvalue weighted by atomic mass is 16.7. The van der Waals surface area contributed by atoms with E-state index in [1.807, 2.05) is 6.92 Å². The Morgan fingerprint density at radius 1 is 1.15 bits per heavy atom. The number of epoxide rings is 1. The lowest BCUT2D eigenvalue weighted by Gasteiger charge is -2.37. The molecule has 41 heavy (non-hydrogen) atoms. The Morgan fingerprint density at radius 2 is 1.88 bits per heavy atom. The molecule has 1 amide bonds. The van der Waals surface area contributed by atoms with Crippen LogP contribution < -0.4 is 10.6 Å². The minimum Gasteiger partial charge on any atom is -0.507 e. The van der Waals surface area contributed by atoms with Crippen LogP contribution in [0.1, 0.15) is 63.2 Å². The molecular formula is C31H26N2O8. The Balaban J connectivity index is 1.46. The third-order valence-corrected chi connectivity index (χ3v) is 7.90. The number of aliphatic hydroxyl groups is 2. The number of phenolic OH excluding ortho intramolecular Hbond substituents is 1. The Labute approximate surface area is 235 Å². The summed E-state index contributed by atoms with van der Waals surface area (Å²) in [4.78, 5) is 39.6. The fourth-order valence-electron chi connectivity index (χ4n) is 6.02. The van der Waals surface area contributed by atoms with E-state index in [1.54, 1.807) is 6.07 Å². The summed E-state index contributed by atoms with van der Waals surface area (Å²) in [6, 6.07) is 4.99. The van der Waals surface area contributed by atoms with Gasteiger partial charge in [-0.1, -0.05) is 36.7 Å². The summed E-state index contributed by atoms with van der Waals surface area (Å²) in [6.07, 6.45) is 0.455. The fraction of sp³-hybridized carbons (Fsp3) is 0.323. The summed E-state index contributed by atoms with van der Waals surface area (Å²) in [5.41, 5.74) is -2.25. The summed E-state index contributed by atoms with van der Waals surface area (Å²) in [5.74, 6) is 9.63. The van der Waals surface area contributed by atoms with Crippen molar-refractivity contribution in [3.05, 3.63) is 69.8 Å². The number of benzene rings is 2. The highest BCUT2D eigenvalue weighted by molar-refractivity contribution is 6.31. The van der Waals surface area contributed by atoms with Gasteiger partial charge in [0.1, 0.15) is 11.8 Å². The predicted octanol–water partition coefficient (Wildman–Crippen LogP) is 1.88. The standard InChI is InChI=1S/C31H26N2O8/c1-3-12-40-29(39)32-15-17-10-11-18-19(13-17)28(38)24-21(35)14-20-26(25(24)27(18)37)33-22-8-6-4-5-7-9-23(36)31(20)30(22,41-31)16(2)34/h4-5,10-11,13-14,16,22-23,33-36H,3,12,15H2,1-2H3,(H,32,39)/b5-4-/t16-,22+,23-,30+,31+/m1/s1. The van der Waals surface area contributed by atoms with Gasteiger partial charge >= 0.3 is 6.09 Å². The lowest BCUT2D eigenvalue weighted by Crippen LogP contribution is -2.54. The fourth-order valence-corrected chi connectivity index (χ4v) is 6.02. The van der Waals surface area contributed by atoms with E-state index in [1.165, 1.54) is 37.3 Å². The van der Waals surface area contributed by atoms with Crippen LogP contribution >= 0.6 is 0 Å². The maximum absolute atomic E-state index is 14.0. The second-order valence-electron chi connectivity index (χ2n) is 10.3. The molecule has 4 aliphatic rings. The molecule has 2 aromatic rings. The van der Waals surface area contributed by atoms with Crippen LogP contribution in [-0.2, 0) is 21.6 Å². The van der Waals surface area contributed by atoms with Gasteiger partial charge in [0, 0.05) is 23.2 Å². The number of aromatic hydroxyl groups is 1. The van der Waals surface area contributed by atoms with E-state index in [0.29, 0.717) is 12.0 Å². The van der Waals surface area contributed by atoms with Crippen LogP contribution in [-0.4, -0.2) is 63.4 Å². The zero-order valence-electron chi connectivity index (χ0n) is 22.2. The van der Waals surface area contributed by atoms with Crippen LogP contribution in [0.4, 0.5) is 10.5 Å². The monoisotopic (exact) mass is 554 g/mol. The van der Waals surface area contributed by atoms with Gasteiger partial charge in [-0.3, -0.25) is 9.59 Å². The SMILES string of the molecule is CCCOC(=O)NCc1ccc2c(c1)C(=O)c1c(O)cc3c(c1C2=O)N[C@H]1C#C/C=C\C#C[C@@H](O)[C@@]32O[C@@]12[C@@H](C)O. The first-order valence-corrected chi connectivity index (χ1v) is 13.2. The van der Waals surface area contributed by atoms with Gasteiger partial charge < -0.3 is 35.4 Å². The predicted molar refractivity (Wildman–Crippen MR) is 145 cm³/mol. The quantitative estimate of drug-likeness (QED) is 0.180. The van der Waals surface area contributed by atoms with E-state index in [0.717, 1.165) is 0 Å². The number of allylic oxidation sites excluding steroid dienone is 2. The van der Waals surface area contributed by atoms with Crippen molar-refractivity contribution in [1.82, 2.24) is 5.32 Å². The average Bonchev–Trinajstić information content (AvgIpc) is 3.69. The zero-order valence-corrected chi connectivity index (χ0v) is 22.2. The molecule has 5 N–H and O–H groups in total. The number of phenols is 1. The Bertz CT molecular complexity index is 1690. The number of carbonyl (C=O) groups excluding carboxylic acids is 3. The Morgan fingerprint density at radius 3 is 2.61 bits per heavy atom. The normalized spacial score (nSPS) is 27.5. The first-order valence-electron chi connectivity index (χ1n) is 13.2. The van der Waals surface area contributed by atoms with Crippen molar-refractivity contribution in [2.24, 2.45) is 0 Å². The van der Waals surface area contributed by atoms with Crippen LogP contribution in [0, 0.1) is 23.7 Å². The van der Waals surface area contributed by atoms with Crippen molar-refractivity contribution >= 4 is 23.3 Å². The van der Waals surface area contributed by atoms with E-state index in [9.17, 15) is 29.7 Å². The molecule has 10 heteroatoms. The van der Waals surface area contributed by atoms with E-state index >= 15 is 0 Å². The number of alkyl carbamates (subject to hydrolysis) is 1. The Hall–Kier alpha value is -4.61. The number of rotatable bonds is 5. The number of fused-ring (bicyclic) bond motifs is 4. The second-order valence-corrected chi connectivity index (χ2v) is 10.3. The molecule has 0 radical (unpaired) electrons. The third kappa shape index (κ3) is 3.69. The van der Waals surface area contributed by atoms with Crippen LogP contribution in [0.15, 0.2) is 36.4 Å². The van der Waals surface area contributed by atoms with Crippen LogP contribution in [0.5, 0.6) is 5.75 Å². The smallest absolute Gasteiger partial charge is 0.407 e. The molecule has 1 saturated heterocycles. The van der Waals surface area contributed by atoms with Gasteiger partial charge in [0.05, 0.1) is 29.5 Å². The Kier molecular flexibility index (Phi) is 6.16. The second kappa shape index (κ2) is 9.50. The third-order valence-electron chi connectivity index (χ3n) is 7.90. The number of nitrogens with one attached hydrogen (secondary N) is 2. The van der Waals surface area contributed by atoms with Gasteiger partial charge in [0.15, 0.2) is 28.9 Å². The van der Waals surface area contributed by atoms with Crippen LogP contribution in [0.3, 0.4) is 0 Å². The van der Waals surface area contributed by atoms with Gasteiger partial charge in [-0.2, -0.15) is 0 Å². The summed E-state index contributed by atoms with van der Waals surface area (Å²) >= 11 is 0. The molecule has 1 fully saturated rings. The zero-order chi connectivity index (χ0) is 29.1. The van der Waals surface area contributed by atoms with Gasteiger partial charge in [-0.25, -0.2) is 4.79 Å². The number of carbonyl (C=O) groups is 3. The number of amides is 1. The number of aliphatic hydroxyl groups excluding tert-OH is 2. The van der Waals surface area contributed by atoms with Crippen molar-refractivity contribution in [3.63, 3.8) is 0 Å². The highest BCUT2D eigenvalue weighted by Gasteiger charge is 2.82. The lowest BCUT2D eigenvalue weighted by molar-refractivity contribution is 0.0867. The molecule has 2 bridgehead atoms. The van der Waals surface area contributed by atoms with E-state index in [4.69, 9.17) is 9.47 Å². The van der Waals surface area contributed by atoms with Crippen molar-refractivity contribution in [1.29, 1.82) is 0 Å². The summed E-state index contributed by atoms with van der Waals surface area (Å²) in [6.45, 7) is 3.72. The van der Waals surface area contributed by atoms with Crippen molar-refractivity contribution in [2.45, 2.75) is 56.3 Å². The average molecular weight is 555 g/mol. The van der Waals surface area contributed by atoms with Gasteiger partial charge in [-0.15, -0.1) is 0 Å². The molecule has 5 atom stereocenters. The van der Waals surface area contributed by atoms with Gasteiger partial charge in [0.2, 0.25) is 0 Å². The minimum atomic E-state index is -1.63. The first-order chi connectivity index (χ1) is 19.7. The highest BCUT2D eigenvalue weighted by Crippen LogP contribution is 2.67. The van der Waals surface area contributed by atoms with E-state index < -0.39 is 52.9 Å². The van der Waals surface area contributed by atoms with Crippen molar-refractivity contribution in [2.75, 3.05) is 11.9 Å². The van der Waals surface area contributed by atoms with Crippen molar-refractivity contribution < 1.29 is 39.2 Å². The molecule has 0 saturated carbocycles. The molecular weight excluding hydrogens is 528 g/mol. The summed E-state index contributed by atoms with van der Waals surface area (Å²) < 4.78 is 11.2. The van der Waals surface area contributed by atoms with Gasteiger partial charge in [0.25, 0.3) is 0 Å².